The summed E-state index contributed by atoms with van der Waals surface area (Å²) in [7, 11) is 0. The largest absolute Gasteiger partial charge is 0.307 e. The minimum Gasteiger partial charge on any atom is -0.307 e. The van der Waals surface area contributed by atoms with Crippen molar-refractivity contribution in [3.05, 3.63) is 51.5 Å². The van der Waals surface area contributed by atoms with E-state index in [0.717, 1.165) is 6.54 Å². The lowest BCUT2D eigenvalue weighted by Gasteiger charge is -2.34. The van der Waals surface area contributed by atoms with Crippen LogP contribution in [-0.2, 0) is 12.0 Å². The van der Waals surface area contributed by atoms with Gasteiger partial charge in [-0.2, -0.15) is 0 Å². The quantitative estimate of drug-likeness (QED) is 0.796. The first-order valence-electron chi connectivity index (χ1n) is 9.83. The first-order valence-corrected chi connectivity index (χ1v) is 10.6. The fraction of sp³-hybridized carbons (Fsp3) is 0.591. The molecule has 3 nitrogen and oxygen atoms in total. The van der Waals surface area contributed by atoms with E-state index in [0.29, 0.717) is 12.1 Å². The number of thiazole rings is 1. The average molecular weight is 372 g/mol. The zero-order valence-electron chi connectivity index (χ0n) is 16.9. The molecule has 1 fully saturated rings. The Hall–Kier alpha value is -1.23. The molecule has 0 aliphatic carbocycles. The van der Waals surface area contributed by atoms with Crippen LogP contribution in [0.4, 0.5) is 0 Å². The van der Waals surface area contributed by atoms with Gasteiger partial charge in [0.25, 0.3) is 0 Å². The molecular formula is C22H33N3S. The van der Waals surface area contributed by atoms with E-state index in [1.54, 1.807) is 0 Å². The Kier molecular flexibility index (Phi) is 6.16. The number of nitrogens with one attached hydrogen (secondary N) is 1. The van der Waals surface area contributed by atoms with E-state index >= 15 is 0 Å². The molecule has 1 aliphatic heterocycles. The van der Waals surface area contributed by atoms with E-state index in [4.69, 9.17) is 4.98 Å². The Morgan fingerprint density at radius 1 is 1.19 bits per heavy atom. The Morgan fingerprint density at radius 2 is 1.85 bits per heavy atom. The number of likely N-dealkylation sites (tertiary alicyclic amines) is 1. The summed E-state index contributed by atoms with van der Waals surface area (Å²) in [4.78, 5) is 8.81. The summed E-state index contributed by atoms with van der Waals surface area (Å²) in [5.41, 5.74) is 2.75. The third-order valence-corrected chi connectivity index (χ3v) is 6.96. The summed E-state index contributed by atoms with van der Waals surface area (Å²) in [6.45, 7) is 14.6. The molecule has 0 spiro atoms. The highest BCUT2D eigenvalue weighted by molar-refractivity contribution is 7.12. The highest BCUT2D eigenvalue weighted by Crippen LogP contribution is 2.33. The zero-order valence-corrected chi connectivity index (χ0v) is 17.7. The molecule has 4 heteroatoms. The molecule has 26 heavy (non-hydrogen) atoms. The van der Waals surface area contributed by atoms with Gasteiger partial charge < -0.3 is 5.32 Å². The number of piperidine rings is 1. The zero-order chi connectivity index (χ0) is 18.7. The summed E-state index contributed by atoms with van der Waals surface area (Å²) in [6, 6.07) is 11.8. The number of benzene rings is 1. The molecule has 0 radical (unpaired) electrons. The van der Waals surface area contributed by atoms with Gasteiger partial charge >= 0.3 is 0 Å². The standard InChI is InChI=1S/C22H33N3S/c1-16(20-17(2)24-21(26-20)22(3,4)5)23-19-11-13-25(14-12-19)15-18-9-7-6-8-10-18/h6-10,16,19,23H,11-15H2,1-5H3. The van der Waals surface area contributed by atoms with Crippen molar-refractivity contribution in [2.24, 2.45) is 0 Å². The van der Waals surface area contributed by atoms with Crippen molar-refractivity contribution in [2.45, 2.75) is 71.5 Å². The minimum absolute atomic E-state index is 0.135. The second kappa shape index (κ2) is 8.20. The van der Waals surface area contributed by atoms with E-state index in [9.17, 15) is 0 Å². The smallest absolute Gasteiger partial charge is 0.0985 e. The summed E-state index contributed by atoms with van der Waals surface area (Å²) in [5.74, 6) is 0. The topological polar surface area (TPSA) is 28.2 Å². The molecule has 0 amide bonds. The van der Waals surface area contributed by atoms with E-state index in [-0.39, 0.29) is 5.41 Å². The van der Waals surface area contributed by atoms with Crippen LogP contribution < -0.4 is 5.32 Å². The molecule has 0 bridgehead atoms. The van der Waals surface area contributed by atoms with Crippen LogP contribution in [-0.4, -0.2) is 29.0 Å². The molecule has 1 aromatic heterocycles. The molecule has 2 heterocycles. The van der Waals surface area contributed by atoms with Crippen molar-refractivity contribution in [2.75, 3.05) is 13.1 Å². The Balaban J connectivity index is 1.52. The van der Waals surface area contributed by atoms with Gasteiger partial charge in [0.2, 0.25) is 0 Å². The summed E-state index contributed by atoms with van der Waals surface area (Å²) < 4.78 is 0. The lowest BCUT2D eigenvalue weighted by molar-refractivity contribution is 0.185. The summed E-state index contributed by atoms with van der Waals surface area (Å²) >= 11 is 1.88. The van der Waals surface area contributed by atoms with Gasteiger partial charge in [-0.1, -0.05) is 51.1 Å². The molecular weight excluding hydrogens is 338 g/mol. The number of rotatable bonds is 5. The number of aryl methyl sites for hydroxylation is 1. The van der Waals surface area contributed by atoms with Gasteiger partial charge in [0.05, 0.1) is 10.7 Å². The van der Waals surface area contributed by atoms with Crippen molar-refractivity contribution in [1.29, 1.82) is 0 Å². The van der Waals surface area contributed by atoms with E-state index < -0.39 is 0 Å². The second-order valence-corrected chi connectivity index (χ2v) is 9.67. The van der Waals surface area contributed by atoms with Crippen molar-refractivity contribution in [3.8, 4) is 0 Å². The Bertz CT molecular complexity index is 694. The van der Waals surface area contributed by atoms with Crippen LogP contribution in [0.15, 0.2) is 30.3 Å². The molecule has 3 rings (SSSR count). The van der Waals surface area contributed by atoms with Crippen LogP contribution in [0.5, 0.6) is 0 Å². The molecule has 2 aromatic rings. The molecule has 0 saturated carbocycles. The minimum atomic E-state index is 0.135. The normalized spacial score (nSPS) is 18.2. The Labute approximate surface area is 162 Å². The van der Waals surface area contributed by atoms with Crippen molar-refractivity contribution in [3.63, 3.8) is 0 Å². The lowest BCUT2D eigenvalue weighted by Crippen LogP contribution is -2.42. The third-order valence-electron chi connectivity index (χ3n) is 5.19. The summed E-state index contributed by atoms with van der Waals surface area (Å²) in [6.07, 6.45) is 2.45. The molecule has 1 saturated heterocycles. The first kappa shape index (κ1) is 19.5. The first-order chi connectivity index (χ1) is 12.3. The van der Waals surface area contributed by atoms with Crippen LogP contribution in [0.3, 0.4) is 0 Å². The predicted octanol–water partition coefficient (Wildman–Crippen LogP) is 5.06. The maximum Gasteiger partial charge on any atom is 0.0985 e. The SMILES string of the molecule is Cc1nc(C(C)(C)C)sc1C(C)NC1CCN(Cc2ccccc2)CC1. The van der Waals surface area contributed by atoms with Gasteiger partial charge in [-0.15, -0.1) is 11.3 Å². The second-order valence-electron chi connectivity index (χ2n) is 8.64. The maximum absolute atomic E-state index is 4.83. The maximum atomic E-state index is 4.83. The number of aromatic nitrogens is 1. The van der Waals surface area contributed by atoms with E-state index in [1.165, 1.54) is 47.1 Å². The monoisotopic (exact) mass is 371 g/mol. The van der Waals surface area contributed by atoms with Crippen LogP contribution in [0.25, 0.3) is 0 Å². The van der Waals surface area contributed by atoms with Crippen molar-refractivity contribution >= 4 is 11.3 Å². The van der Waals surface area contributed by atoms with E-state index in [2.05, 4.69) is 75.2 Å². The molecule has 1 unspecified atom stereocenters. The highest BCUT2D eigenvalue weighted by Gasteiger charge is 2.25. The van der Waals surface area contributed by atoms with E-state index in [1.807, 2.05) is 11.3 Å². The van der Waals surface area contributed by atoms with Gasteiger partial charge in [0.15, 0.2) is 0 Å². The van der Waals surface area contributed by atoms with Crippen molar-refractivity contribution in [1.82, 2.24) is 15.2 Å². The molecule has 1 N–H and O–H groups in total. The molecule has 142 valence electrons. The molecule has 1 atom stereocenters. The number of nitrogens with zero attached hydrogens (tertiary/aromatic N) is 2. The van der Waals surface area contributed by atoms with Gasteiger partial charge in [-0.05, 0) is 45.3 Å². The number of hydrogen-bond acceptors (Lipinski definition) is 4. The fourth-order valence-electron chi connectivity index (χ4n) is 3.66. The van der Waals surface area contributed by atoms with Crippen LogP contribution in [0, 0.1) is 6.92 Å². The molecule has 1 aliphatic rings. The fourth-order valence-corrected chi connectivity index (χ4v) is 4.79. The van der Waals surface area contributed by atoms with Gasteiger partial charge in [0, 0.05) is 28.9 Å². The van der Waals surface area contributed by atoms with Gasteiger partial charge in [-0.25, -0.2) is 4.98 Å². The van der Waals surface area contributed by atoms with Crippen molar-refractivity contribution < 1.29 is 0 Å². The summed E-state index contributed by atoms with van der Waals surface area (Å²) in [5, 5.41) is 5.12. The Morgan fingerprint density at radius 3 is 2.42 bits per heavy atom. The predicted molar refractivity (Wildman–Crippen MR) is 112 cm³/mol. The third kappa shape index (κ3) is 4.93. The molecule has 1 aromatic carbocycles. The lowest BCUT2D eigenvalue weighted by atomic mass is 9.98. The van der Waals surface area contributed by atoms with Crippen LogP contribution >= 0.6 is 11.3 Å². The highest BCUT2D eigenvalue weighted by atomic mass is 32.1. The van der Waals surface area contributed by atoms with Crippen LogP contribution in [0.1, 0.15) is 67.7 Å². The van der Waals surface area contributed by atoms with Gasteiger partial charge in [0.1, 0.15) is 0 Å². The number of hydrogen-bond donors (Lipinski definition) is 1. The van der Waals surface area contributed by atoms with Crippen LogP contribution in [0.2, 0.25) is 0 Å². The van der Waals surface area contributed by atoms with Gasteiger partial charge in [-0.3, -0.25) is 4.90 Å². The average Bonchev–Trinajstić information content (AvgIpc) is 3.00.